The fourth-order valence-corrected chi connectivity index (χ4v) is 2.58. The van der Waals surface area contributed by atoms with E-state index in [1.807, 2.05) is 25.1 Å². The van der Waals surface area contributed by atoms with Crippen molar-refractivity contribution in [2.75, 3.05) is 10.6 Å². The van der Waals surface area contributed by atoms with Crippen molar-refractivity contribution in [1.29, 1.82) is 0 Å². The van der Waals surface area contributed by atoms with E-state index in [1.165, 1.54) is 5.56 Å². The van der Waals surface area contributed by atoms with Crippen LogP contribution in [0.4, 0.5) is 5.69 Å². The minimum Gasteiger partial charge on any atom is -0.322 e. The smallest absolute Gasteiger partial charge is 0.255 e. The lowest BCUT2D eigenvalue weighted by molar-refractivity contribution is 0.102. The van der Waals surface area contributed by atoms with E-state index in [4.69, 9.17) is 11.6 Å². The molecule has 2 aromatic carbocycles. The van der Waals surface area contributed by atoms with Crippen molar-refractivity contribution in [2.45, 2.75) is 19.8 Å². The molecule has 0 aliphatic rings. The summed E-state index contributed by atoms with van der Waals surface area (Å²) in [4.78, 5) is 12.3. The summed E-state index contributed by atoms with van der Waals surface area (Å²) in [5.41, 5.74) is 3.43. The van der Waals surface area contributed by atoms with Gasteiger partial charge in [0, 0.05) is 21.6 Å². The van der Waals surface area contributed by atoms with Crippen molar-refractivity contribution in [1.82, 2.24) is 0 Å². The highest BCUT2D eigenvalue weighted by Crippen LogP contribution is 2.20. The van der Waals surface area contributed by atoms with E-state index < -0.39 is 0 Å². The van der Waals surface area contributed by atoms with Crippen molar-refractivity contribution >= 4 is 39.1 Å². The van der Waals surface area contributed by atoms with E-state index in [0.717, 1.165) is 29.4 Å². The van der Waals surface area contributed by atoms with Crippen molar-refractivity contribution in [2.24, 2.45) is 0 Å². The van der Waals surface area contributed by atoms with Crippen LogP contribution in [0.15, 0.2) is 42.5 Å². The fraction of sp³-hybridized carbons (Fsp3) is 0.235. The number of hydrogen-bond acceptors (Lipinski definition) is 1. The molecule has 0 aliphatic heterocycles. The molecule has 21 heavy (non-hydrogen) atoms. The van der Waals surface area contributed by atoms with Gasteiger partial charge in [-0.05, 0) is 55.2 Å². The van der Waals surface area contributed by atoms with Crippen molar-refractivity contribution in [3.63, 3.8) is 0 Å². The van der Waals surface area contributed by atoms with Gasteiger partial charge in [-0.1, -0.05) is 45.7 Å². The number of alkyl halides is 1. The Kier molecular flexibility index (Phi) is 5.83. The maximum Gasteiger partial charge on any atom is 0.255 e. The summed E-state index contributed by atoms with van der Waals surface area (Å²) in [6.45, 7) is 1.85. The molecule has 0 aromatic heterocycles. The highest BCUT2D eigenvalue weighted by molar-refractivity contribution is 9.09. The van der Waals surface area contributed by atoms with Crippen LogP contribution < -0.4 is 5.32 Å². The monoisotopic (exact) mass is 365 g/mol. The number of amides is 1. The Morgan fingerprint density at radius 3 is 2.76 bits per heavy atom. The summed E-state index contributed by atoms with van der Waals surface area (Å²) in [5.74, 6) is -0.132. The fourth-order valence-electron chi connectivity index (χ4n) is 2.13. The Labute approximate surface area is 138 Å². The highest BCUT2D eigenvalue weighted by atomic mass is 79.9. The first kappa shape index (κ1) is 16.1. The van der Waals surface area contributed by atoms with Crippen LogP contribution >= 0.6 is 27.5 Å². The molecule has 1 amide bonds. The highest BCUT2D eigenvalue weighted by Gasteiger charge is 2.11. The van der Waals surface area contributed by atoms with Crippen LogP contribution in [0.25, 0.3) is 0 Å². The second-order valence-electron chi connectivity index (χ2n) is 4.86. The van der Waals surface area contributed by atoms with Crippen LogP contribution in [0, 0.1) is 6.92 Å². The Hall–Kier alpha value is -1.32. The van der Waals surface area contributed by atoms with Gasteiger partial charge in [0.05, 0.1) is 0 Å². The standard InChI is InChI=1S/C17H17BrClNO/c1-12-15(8-3-9-16(12)19)17(21)20-14-7-2-5-13(11-14)6-4-10-18/h2-3,5,7-9,11H,4,6,10H2,1H3,(H,20,21). The second-order valence-corrected chi connectivity index (χ2v) is 6.06. The first-order chi connectivity index (χ1) is 10.1. The minimum absolute atomic E-state index is 0.132. The zero-order chi connectivity index (χ0) is 15.2. The minimum atomic E-state index is -0.132. The van der Waals surface area contributed by atoms with Gasteiger partial charge in [0.25, 0.3) is 5.91 Å². The van der Waals surface area contributed by atoms with Crippen molar-refractivity contribution in [3.8, 4) is 0 Å². The van der Waals surface area contributed by atoms with E-state index in [1.54, 1.807) is 18.2 Å². The van der Waals surface area contributed by atoms with Gasteiger partial charge >= 0.3 is 0 Å². The van der Waals surface area contributed by atoms with Crippen LogP contribution in [0.3, 0.4) is 0 Å². The summed E-state index contributed by atoms with van der Waals surface area (Å²) in [6, 6.07) is 13.3. The van der Waals surface area contributed by atoms with Gasteiger partial charge in [-0.25, -0.2) is 0 Å². The molecular weight excluding hydrogens is 350 g/mol. The number of benzene rings is 2. The van der Waals surface area contributed by atoms with Crippen LogP contribution in [0.1, 0.15) is 27.9 Å². The molecule has 0 spiro atoms. The third kappa shape index (κ3) is 4.32. The van der Waals surface area contributed by atoms with Gasteiger partial charge < -0.3 is 5.32 Å². The van der Waals surface area contributed by atoms with E-state index in [2.05, 4.69) is 27.3 Å². The van der Waals surface area contributed by atoms with Gasteiger partial charge in [-0.3, -0.25) is 4.79 Å². The predicted octanol–water partition coefficient (Wildman–Crippen LogP) is 5.23. The maximum atomic E-state index is 12.3. The molecule has 110 valence electrons. The van der Waals surface area contributed by atoms with Crippen molar-refractivity contribution in [3.05, 3.63) is 64.2 Å². The van der Waals surface area contributed by atoms with Gasteiger partial charge in [-0.15, -0.1) is 0 Å². The Bertz CT molecular complexity index is 642. The van der Waals surface area contributed by atoms with Crippen LogP contribution in [-0.2, 0) is 6.42 Å². The maximum absolute atomic E-state index is 12.3. The molecule has 0 aliphatic carbocycles. The largest absolute Gasteiger partial charge is 0.322 e. The average molecular weight is 367 g/mol. The first-order valence-corrected chi connectivity index (χ1v) is 8.33. The Morgan fingerprint density at radius 2 is 2.00 bits per heavy atom. The molecule has 0 bridgehead atoms. The molecule has 0 fully saturated rings. The van der Waals surface area contributed by atoms with Crippen LogP contribution in [0.2, 0.25) is 5.02 Å². The zero-order valence-corrected chi connectivity index (χ0v) is 14.2. The summed E-state index contributed by atoms with van der Waals surface area (Å²) < 4.78 is 0. The molecule has 0 unspecified atom stereocenters. The molecular formula is C17H17BrClNO. The second kappa shape index (κ2) is 7.62. The van der Waals surface area contributed by atoms with E-state index >= 15 is 0 Å². The molecule has 0 atom stereocenters. The quantitative estimate of drug-likeness (QED) is 0.721. The summed E-state index contributed by atoms with van der Waals surface area (Å²) in [7, 11) is 0. The molecule has 0 heterocycles. The SMILES string of the molecule is Cc1c(Cl)cccc1C(=O)Nc1cccc(CCCBr)c1. The van der Waals surface area contributed by atoms with E-state index in [9.17, 15) is 4.79 Å². The van der Waals surface area contributed by atoms with Crippen molar-refractivity contribution < 1.29 is 4.79 Å². The number of aryl methyl sites for hydroxylation is 1. The number of rotatable bonds is 5. The van der Waals surface area contributed by atoms with Crippen LogP contribution in [0.5, 0.6) is 0 Å². The average Bonchev–Trinajstić information content (AvgIpc) is 2.48. The van der Waals surface area contributed by atoms with Gasteiger partial charge in [0.1, 0.15) is 0 Å². The molecule has 0 radical (unpaired) electrons. The molecule has 2 nitrogen and oxygen atoms in total. The summed E-state index contributed by atoms with van der Waals surface area (Å²) >= 11 is 9.49. The lowest BCUT2D eigenvalue weighted by Gasteiger charge is -2.10. The van der Waals surface area contributed by atoms with Gasteiger partial charge in [-0.2, -0.15) is 0 Å². The van der Waals surface area contributed by atoms with E-state index in [0.29, 0.717) is 10.6 Å². The number of nitrogens with one attached hydrogen (secondary N) is 1. The summed E-state index contributed by atoms with van der Waals surface area (Å²) in [5, 5.41) is 4.52. The number of carbonyl (C=O) groups excluding carboxylic acids is 1. The number of carbonyl (C=O) groups is 1. The molecule has 1 N–H and O–H groups in total. The number of halogens is 2. The van der Waals surface area contributed by atoms with E-state index in [-0.39, 0.29) is 5.91 Å². The van der Waals surface area contributed by atoms with Crippen LogP contribution in [-0.4, -0.2) is 11.2 Å². The molecule has 2 aromatic rings. The molecule has 0 saturated heterocycles. The number of hydrogen-bond donors (Lipinski definition) is 1. The lowest BCUT2D eigenvalue weighted by Crippen LogP contribution is -2.13. The Balaban J connectivity index is 2.14. The topological polar surface area (TPSA) is 29.1 Å². The third-order valence-electron chi connectivity index (χ3n) is 3.30. The normalized spacial score (nSPS) is 10.4. The lowest BCUT2D eigenvalue weighted by atomic mass is 10.1. The first-order valence-electron chi connectivity index (χ1n) is 6.83. The number of anilines is 1. The van der Waals surface area contributed by atoms with Gasteiger partial charge in [0.2, 0.25) is 0 Å². The zero-order valence-electron chi connectivity index (χ0n) is 11.8. The molecule has 0 saturated carbocycles. The molecule has 4 heteroatoms. The Morgan fingerprint density at radius 1 is 1.24 bits per heavy atom. The summed E-state index contributed by atoms with van der Waals surface area (Å²) in [6.07, 6.45) is 2.07. The third-order valence-corrected chi connectivity index (χ3v) is 4.27. The molecule has 2 rings (SSSR count). The predicted molar refractivity (Wildman–Crippen MR) is 92.7 cm³/mol. The van der Waals surface area contributed by atoms with Gasteiger partial charge in [0.15, 0.2) is 0 Å².